The van der Waals surface area contributed by atoms with Crippen LogP contribution in [0.15, 0.2) is 47.1 Å². The van der Waals surface area contributed by atoms with Crippen molar-refractivity contribution in [3.8, 4) is 17.2 Å². The maximum absolute atomic E-state index is 13.0. The first-order valence-electron chi connectivity index (χ1n) is 9.28. The molecule has 3 heterocycles. The molecule has 2 amide bonds. The zero-order chi connectivity index (χ0) is 21.3. The van der Waals surface area contributed by atoms with Crippen LogP contribution in [0.3, 0.4) is 0 Å². The second-order valence-electron chi connectivity index (χ2n) is 6.88. The SMILES string of the molecule is COc1ccc(Cl)cc1C(=O)Nc1cc(-c2ccco2)nn1C1NC(=O)CC(C)N1. The molecule has 1 aliphatic heterocycles. The zero-order valence-electron chi connectivity index (χ0n) is 16.3. The van der Waals surface area contributed by atoms with Crippen molar-refractivity contribution in [2.75, 3.05) is 12.4 Å². The summed E-state index contributed by atoms with van der Waals surface area (Å²) in [5, 5.41) is 13.8. The number of rotatable bonds is 5. The van der Waals surface area contributed by atoms with E-state index in [0.29, 0.717) is 34.5 Å². The van der Waals surface area contributed by atoms with E-state index in [1.807, 2.05) is 6.92 Å². The second-order valence-corrected chi connectivity index (χ2v) is 7.31. The van der Waals surface area contributed by atoms with E-state index in [9.17, 15) is 9.59 Å². The molecule has 4 rings (SSSR count). The van der Waals surface area contributed by atoms with Gasteiger partial charge in [0.25, 0.3) is 5.91 Å². The zero-order valence-corrected chi connectivity index (χ0v) is 17.1. The summed E-state index contributed by atoms with van der Waals surface area (Å²) < 4.78 is 12.2. The predicted molar refractivity (Wildman–Crippen MR) is 110 cm³/mol. The van der Waals surface area contributed by atoms with E-state index < -0.39 is 12.2 Å². The molecule has 3 aromatic rings. The molecule has 2 atom stereocenters. The fraction of sp³-hybridized carbons (Fsp3) is 0.250. The average Bonchev–Trinajstić information content (AvgIpc) is 3.37. The number of halogens is 1. The quantitative estimate of drug-likeness (QED) is 0.575. The third kappa shape index (κ3) is 4.03. The van der Waals surface area contributed by atoms with Crippen molar-refractivity contribution in [1.29, 1.82) is 0 Å². The van der Waals surface area contributed by atoms with Gasteiger partial charge in [0.05, 0.1) is 18.9 Å². The molecule has 1 aromatic carbocycles. The van der Waals surface area contributed by atoms with Crippen LogP contribution in [0.4, 0.5) is 5.82 Å². The minimum Gasteiger partial charge on any atom is -0.496 e. The van der Waals surface area contributed by atoms with Crippen molar-refractivity contribution in [3.05, 3.63) is 53.2 Å². The maximum Gasteiger partial charge on any atom is 0.260 e. The Labute approximate surface area is 177 Å². The van der Waals surface area contributed by atoms with Gasteiger partial charge in [-0.1, -0.05) is 11.6 Å². The number of benzene rings is 1. The number of carbonyl (C=O) groups excluding carboxylic acids is 2. The summed E-state index contributed by atoms with van der Waals surface area (Å²) in [7, 11) is 1.47. The van der Waals surface area contributed by atoms with Gasteiger partial charge in [-0.2, -0.15) is 5.10 Å². The summed E-state index contributed by atoms with van der Waals surface area (Å²) in [6, 6.07) is 9.89. The molecule has 1 fully saturated rings. The highest BCUT2D eigenvalue weighted by atomic mass is 35.5. The normalized spacial score (nSPS) is 18.7. The summed E-state index contributed by atoms with van der Waals surface area (Å²) >= 11 is 6.05. The number of nitrogens with zero attached hydrogens (tertiary/aromatic N) is 2. The van der Waals surface area contributed by atoms with Crippen LogP contribution in [0.25, 0.3) is 11.5 Å². The molecule has 10 heteroatoms. The van der Waals surface area contributed by atoms with Crippen molar-refractivity contribution >= 4 is 29.2 Å². The van der Waals surface area contributed by atoms with Gasteiger partial charge in [0.2, 0.25) is 5.91 Å². The van der Waals surface area contributed by atoms with E-state index in [0.717, 1.165) is 0 Å². The molecule has 1 aliphatic rings. The number of furan rings is 1. The lowest BCUT2D eigenvalue weighted by Crippen LogP contribution is -2.52. The highest BCUT2D eigenvalue weighted by Crippen LogP contribution is 2.27. The topological polar surface area (TPSA) is 110 Å². The molecule has 0 bridgehead atoms. The number of hydrogen-bond acceptors (Lipinski definition) is 6. The Bertz CT molecular complexity index is 1080. The third-order valence-electron chi connectivity index (χ3n) is 4.63. The van der Waals surface area contributed by atoms with Crippen LogP contribution in [0.2, 0.25) is 5.02 Å². The third-order valence-corrected chi connectivity index (χ3v) is 4.87. The number of anilines is 1. The molecule has 30 heavy (non-hydrogen) atoms. The molecule has 0 saturated carbocycles. The second kappa shape index (κ2) is 8.21. The molecule has 2 aromatic heterocycles. The van der Waals surface area contributed by atoms with E-state index in [4.69, 9.17) is 20.8 Å². The summed E-state index contributed by atoms with van der Waals surface area (Å²) in [6.45, 7) is 1.90. The van der Waals surface area contributed by atoms with Gasteiger partial charge in [-0.05, 0) is 37.3 Å². The van der Waals surface area contributed by atoms with Crippen molar-refractivity contribution in [3.63, 3.8) is 0 Å². The van der Waals surface area contributed by atoms with Crippen LogP contribution in [-0.2, 0) is 4.79 Å². The first-order valence-corrected chi connectivity index (χ1v) is 9.66. The van der Waals surface area contributed by atoms with Crippen LogP contribution < -0.4 is 20.7 Å². The molecule has 156 valence electrons. The molecule has 9 nitrogen and oxygen atoms in total. The van der Waals surface area contributed by atoms with E-state index in [1.54, 1.807) is 30.3 Å². The Hall–Kier alpha value is -3.30. The van der Waals surface area contributed by atoms with Gasteiger partial charge in [-0.25, -0.2) is 4.68 Å². The van der Waals surface area contributed by atoms with Gasteiger partial charge in [0, 0.05) is 23.6 Å². The molecule has 0 spiro atoms. The average molecular weight is 430 g/mol. The standard InChI is InChI=1S/C20H20ClN5O4/c1-11-8-18(27)24-20(22-11)26-17(10-14(25-26)16-4-3-7-30-16)23-19(28)13-9-12(21)5-6-15(13)29-2/h3-7,9-11,20,22H,8H2,1-2H3,(H,23,28)(H,24,27). The van der Waals surface area contributed by atoms with Crippen LogP contribution in [0.5, 0.6) is 5.75 Å². The first kappa shape index (κ1) is 20.0. The van der Waals surface area contributed by atoms with Crippen LogP contribution >= 0.6 is 11.6 Å². The lowest BCUT2D eigenvalue weighted by molar-refractivity contribution is -0.125. The molecule has 0 radical (unpaired) electrons. The van der Waals surface area contributed by atoms with Crippen molar-refractivity contribution < 1.29 is 18.7 Å². The Balaban J connectivity index is 1.70. The summed E-state index contributed by atoms with van der Waals surface area (Å²) in [4.78, 5) is 25.0. The molecular formula is C20H20ClN5O4. The lowest BCUT2D eigenvalue weighted by Gasteiger charge is -2.30. The maximum atomic E-state index is 13.0. The number of aromatic nitrogens is 2. The van der Waals surface area contributed by atoms with Crippen LogP contribution in [0.1, 0.15) is 30.0 Å². The fourth-order valence-corrected chi connectivity index (χ4v) is 3.43. The molecule has 0 aliphatic carbocycles. The number of ether oxygens (including phenoxy) is 1. The van der Waals surface area contributed by atoms with Crippen molar-refractivity contribution in [2.24, 2.45) is 0 Å². The van der Waals surface area contributed by atoms with E-state index in [2.05, 4.69) is 21.0 Å². The molecule has 3 N–H and O–H groups in total. The Kier molecular flexibility index (Phi) is 5.47. The van der Waals surface area contributed by atoms with Crippen molar-refractivity contribution in [2.45, 2.75) is 25.7 Å². The number of nitrogens with one attached hydrogen (secondary N) is 3. The van der Waals surface area contributed by atoms with E-state index in [1.165, 1.54) is 24.1 Å². The van der Waals surface area contributed by atoms with E-state index in [-0.39, 0.29) is 17.5 Å². The minimum absolute atomic E-state index is 0.0587. The fourth-order valence-electron chi connectivity index (χ4n) is 3.26. The van der Waals surface area contributed by atoms with Gasteiger partial charge in [0.15, 0.2) is 12.0 Å². The van der Waals surface area contributed by atoms with Crippen LogP contribution in [-0.4, -0.2) is 34.7 Å². The molecular weight excluding hydrogens is 410 g/mol. The number of hydrogen-bond donors (Lipinski definition) is 3. The van der Waals surface area contributed by atoms with E-state index >= 15 is 0 Å². The van der Waals surface area contributed by atoms with Crippen LogP contribution in [0, 0.1) is 0 Å². The number of amides is 2. The highest BCUT2D eigenvalue weighted by Gasteiger charge is 2.28. The van der Waals surface area contributed by atoms with Gasteiger partial charge >= 0.3 is 0 Å². The van der Waals surface area contributed by atoms with Gasteiger partial charge in [-0.15, -0.1) is 0 Å². The smallest absolute Gasteiger partial charge is 0.260 e. The van der Waals surface area contributed by atoms with Crippen molar-refractivity contribution in [1.82, 2.24) is 20.4 Å². The first-order chi connectivity index (χ1) is 14.4. The number of methoxy groups -OCH3 is 1. The summed E-state index contributed by atoms with van der Waals surface area (Å²) in [5.41, 5.74) is 0.772. The largest absolute Gasteiger partial charge is 0.496 e. The lowest BCUT2D eigenvalue weighted by atomic mass is 10.2. The van der Waals surface area contributed by atoms with Gasteiger partial charge < -0.3 is 19.8 Å². The highest BCUT2D eigenvalue weighted by molar-refractivity contribution is 6.31. The Morgan fingerprint density at radius 2 is 2.20 bits per heavy atom. The minimum atomic E-state index is -0.637. The monoisotopic (exact) mass is 429 g/mol. The summed E-state index contributed by atoms with van der Waals surface area (Å²) in [6.07, 6.45) is 1.25. The summed E-state index contributed by atoms with van der Waals surface area (Å²) in [5.74, 6) is 0.721. The van der Waals surface area contributed by atoms with Gasteiger partial charge in [0.1, 0.15) is 17.3 Å². The Morgan fingerprint density at radius 3 is 2.90 bits per heavy atom. The van der Waals surface area contributed by atoms with Gasteiger partial charge in [-0.3, -0.25) is 14.9 Å². The molecule has 1 saturated heterocycles. The molecule has 2 unspecified atom stereocenters. The predicted octanol–water partition coefficient (Wildman–Crippen LogP) is 3.01. The number of carbonyl (C=O) groups is 2. The Morgan fingerprint density at radius 1 is 1.37 bits per heavy atom.